The molecule has 0 unspecified atom stereocenters. The molecule has 0 aliphatic rings. The van der Waals surface area contributed by atoms with Crippen molar-refractivity contribution in [3.63, 3.8) is 0 Å². The summed E-state index contributed by atoms with van der Waals surface area (Å²) < 4.78 is 5.51. The van der Waals surface area contributed by atoms with E-state index in [9.17, 15) is 4.79 Å². The fourth-order valence-electron chi connectivity index (χ4n) is 1.39. The summed E-state index contributed by atoms with van der Waals surface area (Å²) in [6, 6.07) is 7.18. The molecule has 1 rings (SSSR count). The number of benzene rings is 1. The summed E-state index contributed by atoms with van der Waals surface area (Å²) in [6.45, 7) is 8.55. The van der Waals surface area contributed by atoms with Crippen molar-refractivity contribution in [3.05, 3.63) is 24.3 Å². The van der Waals surface area contributed by atoms with E-state index in [0.29, 0.717) is 6.61 Å². The third-order valence-corrected chi connectivity index (χ3v) is 2.05. The van der Waals surface area contributed by atoms with Crippen LogP contribution in [0.25, 0.3) is 0 Å². The van der Waals surface area contributed by atoms with Crippen molar-refractivity contribution in [1.29, 1.82) is 0 Å². The van der Waals surface area contributed by atoms with Crippen LogP contribution in [0, 0.1) is 0 Å². The average Bonchev–Trinajstić information content (AvgIpc) is 2.24. The number of amides is 2. The van der Waals surface area contributed by atoms with E-state index in [1.165, 1.54) is 0 Å². The number of carbonyl (C=O) groups is 1. The van der Waals surface area contributed by atoms with Gasteiger partial charge in [0.25, 0.3) is 0 Å². The van der Waals surface area contributed by atoms with Gasteiger partial charge in [0.15, 0.2) is 0 Å². The van der Waals surface area contributed by atoms with Gasteiger partial charge >= 0.3 is 6.03 Å². The highest BCUT2D eigenvalue weighted by atomic mass is 16.5. The maximum atomic E-state index is 11.7. The van der Waals surface area contributed by atoms with Crippen LogP contribution in [0.15, 0.2) is 24.3 Å². The molecule has 18 heavy (non-hydrogen) atoms. The Morgan fingerprint density at radius 1 is 1.33 bits per heavy atom. The molecule has 0 aliphatic carbocycles. The molecule has 100 valence electrons. The number of rotatable bonds is 4. The molecule has 0 aliphatic heterocycles. The molecule has 0 bridgehead atoms. The summed E-state index contributed by atoms with van der Waals surface area (Å²) in [5.41, 5.74) is 0.478. The van der Waals surface area contributed by atoms with Crippen molar-refractivity contribution >= 4 is 11.7 Å². The molecule has 0 heterocycles. The molecule has 0 saturated heterocycles. The second kappa shape index (κ2) is 6.28. The summed E-state index contributed by atoms with van der Waals surface area (Å²) in [4.78, 5) is 11.7. The SMILES string of the molecule is CCCOc1cccc(NC(=O)NC(C)(C)C)c1. The molecular formula is C14H22N2O2. The molecule has 0 spiro atoms. The number of ether oxygens (including phenoxy) is 1. The van der Waals surface area contributed by atoms with Crippen molar-refractivity contribution in [1.82, 2.24) is 5.32 Å². The summed E-state index contributed by atoms with van der Waals surface area (Å²) in [6.07, 6.45) is 0.960. The van der Waals surface area contributed by atoms with Crippen LogP contribution in [0.4, 0.5) is 10.5 Å². The summed E-state index contributed by atoms with van der Waals surface area (Å²) in [7, 11) is 0. The summed E-state index contributed by atoms with van der Waals surface area (Å²) in [5.74, 6) is 0.769. The van der Waals surface area contributed by atoms with Crippen LogP contribution >= 0.6 is 0 Å². The second-order valence-corrected chi connectivity index (χ2v) is 5.21. The van der Waals surface area contributed by atoms with Crippen LogP contribution in [0.1, 0.15) is 34.1 Å². The van der Waals surface area contributed by atoms with Crippen LogP contribution in [0.3, 0.4) is 0 Å². The Balaban J connectivity index is 2.59. The normalized spacial score (nSPS) is 10.9. The Hall–Kier alpha value is -1.71. The first-order valence-corrected chi connectivity index (χ1v) is 6.23. The first-order valence-electron chi connectivity index (χ1n) is 6.23. The first kappa shape index (κ1) is 14.4. The predicted octanol–water partition coefficient (Wildman–Crippen LogP) is 3.40. The smallest absolute Gasteiger partial charge is 0.319 e. The zero-order valence-corrected chi connectivity index (χ0v) is 11.5. The lowest BCUT2D eigenvalue weighted by molar-refractivity contribution is 0.244. The Bertz CT molecular complexity index is 397. The lowest BCUT2D eigenvalue weighted by Gasteiger charge is -2.20. The topological polar surface area (TPSA) is 50.4 Å². The molecule has 4 heteroatoms. The first-order chi connectivity index (χ1) is 8.40. The summed E-state index contributed by atoms with van der Waals surface area (Å²) in [5, 5.41) is 5.62. The van der Waals surface area contributed by atoms with Gasteiger partial charge in [-0.05, 0) is 39.3 Å². The van der Waals surface area contributed by atoms with E-state index in [4.69, 9.17) is 4.74 Å². The number of nitrogens with one attached hydrogen (secondary N) is 2. The zero-order chi connectivity index (χ0) is 13.6. The standard InChI is InChI=1S/C14H22N2O2/c1-5-9-18-12-8-6-7-11(10-12)15-13(17)16-14(2,3)4/h6-8,10H,5,9H2,1-4H3,(H2,15,16,17). The highest BCUT2D eigenvalue weighted by molar-refractivity contribution is 5.89. The van der Waals surface area contributed by atoms with Gasteiger partial charge in [-0.2, -0.15) is 0 Å². The highest BCUT2D eigenvalue weighted by Gasteiger charge is 2.13. The monoisotopic (exact) mass is 250 g/mol. The third kappa shape index (κ3) is 5.57. The molecule has 0 fully saturated rings. The van der Waals surface area contributed by atoms with E-state index in [1.807, 2.05) is 45.0 Å². The molecule has 0 atom stereocenters. The molecule has 1 aromatic rings. The number of anilines is 1. The molecule has 2 N–H and O–H groups in total. The van der Waals surface area contributed by atoms with Gasteiger partial charge in [0.2, 0.25) is 0 Å². The van der Waals surface area contributed by atoms with E-state index >= 15 is 0 Å². The lowest BCUT2D eigenvalue weighted by Crippen LogP contribution is -2.43. The largest absolute Gasteiger partial charge is 0.494 e. The van der Waals surface area contributed by atoms with Crippen molar-refractivity contribution in [3.8, 4) is 5.75 Å². The molecular weight excluding hydrogens is 228 g/mol. The van der Waals surface area contributed by atoms with Crippen LogP contribution in [0.2, 0.25) is 0 Å². The minimum Gasteiger partial charge on any atom is -0.494 e. The van der Waals surface area contributed by atoms with E-state index in [2.05, 4.69) is 17.6 Å². The Kier molecular flexibility index (Phi) is 5.01. The number of carbonyl (C=O) groups excluding carboxylic acids is 1. The minimum atomic E-state index is -0.250. The van der Waals surface area contributed by atoms with Crippen LogP contribution < -0.4 is 15.4 Å². The Labute approximate surface area is 109 Å². The zero-order valence-electron chi connectivity index (χ0n) is 11.5. The van der Waals surface area contributed by atoms with Crippen molar-refractivity contribution in [2.75, 3.05) is 11.9 Å². The lowest BCUT2D eigenvalue weighted by atomic mass is 10.1. The Morgan fingerprint density at radius 3 is 2.67 bits per heavy atom. The maximum absolute atomic E-state index is 11.7. The molecule has 0 radical (unpaired) electrons. The van der Waals surface area contributed by atoms with Crippen LogP contribution in [-0.2, 0) is 0 Å². The van der Waals surface area contributed by atoms with E-state index < -0.39 is 0 Å². The minimum absolute atomic E-state index is 0.213. The van der Waals surface area contributed by atoms with Crippen LogP contribution in [-0.4, -0.2) is 18.2 Å². The molecule has 4 nitrogen and oxygen atoms in total. The fourth-order valence-corrected chi connectivity index (χ4v) is 1.39. The van der Waals surface area contributed by atoms with Gasteiger partial charge in [-0.25, -0.2) is 4.79 Å². The van der Waals surface area contributed by atoms with Gasteiger partial charge in [-0.15, -0.1) is 0 Å². The quantitative estimate of drug-likeness (QED) is 0.860. The van der Waals surface area contributed by atoms with Gasteiger partial charge in [-0.1, -0.05) is 13.0 Å². The second-order valence-electron chi connectivity index (χ2n) is 5.21. The fraction of sp³-hybridized carbons (Fsp3) is 0.500. The molecule has 0 saturated carbocycles. The van der Waals surface area contributed by atoms with Gasteiger partial charge in [0.1, 0.15) is 5.75 Å². The van der Waals surface area contributed by atoms with Gasteiger partial charge < -0.3 is 15.4 Å². The maximum Gasteiger partial charge on any atom is 0.319 e. The average molecular weight is 250 g/mol. The predicted molar refractivity (Wildman–Crippen MR) is 74.1 cm³/mol. The van der Waals surface area contributed by atoms with Crippen molar-refractivity contribution in [2.45, 2.75) is 39.7 Å². The van der Waals surface area contributed by atoms with E-state index in [0.717, 1.165) is 17.9 Å². The summed E-state index contributed by atoms with van der Waals surface area (Å²) >= 11 is 0. The van der Waals surface area contributed by atoms with Crippen molar-refractivity contribution < 1.29 is 9.53 Å². The molecule has 2 amide bonds. The number of urea groups is 1. The highest BCUT2D eigenvalue weighted by Crippen LogP contribution is 2.17. The van der Waals surface area contributed by atoms with Gasteiger partial charge in [0.05, 0.1) is 6.61 Å². The Morgan fingerprint density at radius 2 is 2.06 bits per heavy atom. The molecule has 0 aromatic heterocycles. The van der Waals surface area contributed by atoms with Gasteiger partial charge in [0, 0.05) is 17.3 Å². The van der Waals surface area contributed by atoms with Crippen molar-refractivity contribution in [2.24, 2.45) is 0 Å². The van der Waals surface area contributed by atoms with E-state index in [-0.39, 0.29) is 11.6 Å². The van der Waals surface area contributed by atoms with E-state index in [1.54, 1.807) is 0 Å². The van der Waals surface area contributed by atoms with Crippen LogP contribution in [0.5, 0.6) is 5.75 Å². The number of hydrogen-bond acceptors (Lipinski definition) is 2. The third-order valence-electron chi connectivity index (χ3n) is 2.05. The number of hydrogen-bond donors (Lipinski definition) is 2. The molecule has 1 aromatic carbocycles. The van der Waals surface area contributed by atoms with Gasteiger partial charge in [-0.3, -0.25) is 0 Å².